The molecule has 16 heavy (non-hydrogen) atoms. The highest BCUT2D eigenvalue weighted by Gasteiger charge is 2.14. The van der Waals surface area contributed by atoms with Crippen molar-refractivity contribution in [2.24, 2.45) is 7.05 Å². The van der Waals surface area contributed by atoms with Gasteiger partial charge in [-0.1, -0.05) is 6.92 Å². The average Bonchev–Trinajstić information content (AvgIpc) is 2.54. The number of nitrogens with zero attached hydrogens (tertiary/aromatic N) is 2. The van der Waals surface area contributed by atoms with E-state index >= 15 is 0 Å². The molecule has 1 aromatic heterocycles. The second-order valence-electron chi connectivity index (χ2n) is 3.89. The molecule has 0 aliphatic carbocycles. The molecule has 0 aromatic carbocycles. The maximum Gasteiger partial charge on any atom is 0.216 e. The van der Waals surface area contributed by atoms with Crippen molar-refractivity contribution in [3.05, 3.63) is 11.3 Å². The fourth-order valence-electron chi connectivity index (χ4n) is 1.73. The zero-order valence-corrected chi connectivity index (χ0v) is 10.4. The maximum atomic E-state index is 9.17. The van der Waals surface area contributed by atoms with Crippen molar-refractivity contribution < 1.29 is 9.84 Å². The van der Waals surface area contributed by atoms with E-state index in [1.54, 1.807) is 18.7 Å². The van der Waals surface area contributed by atoms with Crippen molar-refractivity contribution in [3.8, 4) is 5.88 Å². The lowest BCUT2D eigenvalue weighted by atomic mass is 10.2. The van der Waals surface area contributed by atoms with Crippen LogP contribution in [0, 0.1) is 0 Å². The molecule has 0 fully saturated rings. The van der Waals surface area contributed by atoms with Crippen molar-refractivity contribution >= 4 is 0 Å². The van der Waals surface area contributed by atoms with Crippen LogP contribution in [0.5, 0.6) is 5.88 Å². The minimum absolute atomic E-state index is 0.340. The highest BCUT2D eigenvalue weighted by molar-refractivity contribution is 5.31. The largest absolute Gasteiger partial charge is 0.481 e. The first kappa shape index (κ1) is 13.0. The molecule has 1 atom stereocenters. The minimum Gasteiger partial charge on any atom is -0.481 e. The van der Waals surface area contributed by atoms with E-state index in [0.29, 0.717) is 13.1 Å². The van der Waals surface area contributed by atoms with Gasteiger partial charge in [0, 0.05) is 20.1 Å². The average molecular weight is 227 g/mol. The zero-order chi connectivity index (χ0) is 12.1. The Morgan fingerprint density at radius 1 is 1.56 bits per heavy atom. The van der Waals surface area contributed by atoms with E-state index in [0.717, 1.165) is 23.6 Å². The number of methoxy groups -OCH3 is 1. The van der Waals surface area contributed by atoms with Gasteiger partial charge in [-0.2, -0.15) is 5.10 Å². The van der Waals surface area contributed by atoms with E-state index in [4.69, 9.17) is 4.74 Å². The Bertz CT molecular complexity index is 334. The molecule has 1 aromatic rings. The second kappa shape index (κ2) is 5.86. The summed E-state index contributed by atoms with van der Waals surface area (Å²) in [5.41, 5.74) is 2.12. The van der Waals surface area contributed by atoms with E-state index in [9.17, 15) is 5.11 Å². The number of aromatic nitrogens is 2. The lowest BCUT2D eigenvalue weighted by Crippen LogP contribution is -2.24. The fraction of sp³-hybridized carbons (Fsp3) is 0.727. The summed E-state index contributed by atoms with van der Waals surface area (Å²) < 4.78 is 7.06. The summed E-state index contributed by atoms with van der Waals surface area (Å²) in [4.78, 5) is 0. The first-order valence-corrected chi connectivity index (χ1v) is 5.57. The number of nitrogens with one attached hydrogen (secondary N) is 1. The normalized spacial score (nSPS) is 12.8. The summed E-state index contributed by atoms with van der Waals surface area (Å²) >= 11 is 0. The summed E-state index contributed by atoms with van der Waals surface area (Å²) in [6, 6.07) is 0. The van der Waals surface area contributed by atoms with Gasteiger partial charge in [-0.15, -0.1) is 0 Å². The molecule has 0 unspecified atom stereocenters. The van der Waals surface area contributed by atoms with Gasteiger partial charge in [0.25, 0.3) is 0 Å². The van der Waals surface area contributed by atoms with Crippen molar-refractivity contribution in [1.82, 2.24) is 15.1 Å². The summed E-state index contributed by atoms with van der Waals surface area (Å²) in [6.45, 7) is 5.07. The zero-order valence-electron chi connectivity index (χ0n) is 10.4. The van der Waals surface area contributed by atoms with Crippen LogP contribution in [0.25, 0.3) is 0 Å². The Morgan fingerprint density at radius 2 is 2.25 bits per heavy atom. The standard InChI is InChI=1S/C11H21N3O2/c1-5-10-9(7-12-6-8(2)15)11(16-4)14(3)13-10/h8,12,15H,5-7H2,1-4H3/t8-/m0/s1. The number of aryl methyl sites for hydroxylation is 2. The van der Waals surface area contributed by atoms with Gasteiger partial charge in [-0.3, -0.25) is 0 Å². The van der Waals surface area contributed by atoms with Gasteiger partial charge in [0.1, 0.15) is 0 Å². The van der Waals surface area contributed by atoms with Crippen LogP contribution in [-0.4, -0.2) is 34.6 Å². The van der Waals surface area contributed by atoms with Crippen LogP contribution in [0.1, 0.15) is 25.1 Å². The van der Waals surface area contributed by atoms with E-state index < -0.39 is 0 Å². The molecule has 1 rings (SSSR count). The molecule has 0 amide bonds. The minimum atomic E-state index is -0.340. The van der Waals surface area contributed by atoms with Crippen molar-refractivity contribution in [3.63, 3.8) is 0 Å². The van der Waals surface area contributed by atoms with Crippen LogP contribution in [-0.2, 0) is 20.0 Å². The summed E-state index contributed by atoms with van der Waals surface area (Å²) in [6.07, 6.45) is 0.538. The van der Waals surface area contributed by atoms with Crippen molar-refractivity contribution in [1.29, 1.82) is 0 Å². The summed E-state index contributed by atoms with van der Waals surface area (Å²) in [7, 11) is 3.52. The molecule has 1 heterocycles. The number of aliphatic hydroxyl groups excluding tert-OH is 1. The SMILES string of the molecule is CCc1nn(C)c(OC)c1CNC[C@H](C)O. The van der Waals surface area contributed by atoms with Crippen LogP contribution in [0.4, 0.5) is 0 Å². The smallest absolute Gasteiger partial charge is 0.216 e. The predicted octanol–water partition coefficient (Wildman–Crippen LogP) is 0.461. The van der Waals surface area contributed by atoms with Crippen LogP contribution >= 0.6 is 0 Å². The van der Waals surface area contributed by atoms with Crippen molar-refractivity contribution in [2.45, 2.75) is 32.9 Å². The maximum absolute atomic E-state index is 9.17. The highest BCUT2D eigenvalue weighted by atomic mass is 16.5. The van der Waals surface area contributed by atoms with Crippen LogP contribution in [0.15, 0.2) is 0 Å². The molecular formula is C11H21N3O2. The molecule has 2 N–H and O–H groups in total. The number of rotatable bonds is 6. The second-order valence-corrected chi connectivity index (χ2v) is 3.89. The number of aliphatic hydroxyl groups is 1. The molecule has 0 bridgehead atoms. The highest BCUT2D eigenvalue weighted by Crippen LogP contribution is 2.21. The van der Waals surface area contributed by atoms with Gasteiger partial charge in [-0.25, -0.2) is 4.68 Å². The molecule has 92 valence electrons. The van der Waals surface area contributed by atoms with Gasteiger partial charge in [0.2, 0.25) is 5.88 Å². The fourth-order valence-corrected chi connectivity index (χ4v) is 1.73. The topological polar surface area (TPSA) is 59.3 Å². The third-order valence-electron chi connectivity index (χ3n) is 2.44. The van der Waals surface area contributed by atoms with E-state index in [1.807, 2.05) is 7.05 Å². The predicted molar refractivity (Wildman–Crippen MR) is 62.5 cm³/mol. The van der Waals surface area contributed by atoms with Crippen LogP contribution < -0.4 is 10.1 Å². The van der Waals surface area contributed by atoms with Gasteiger partial charge in [0.15, 0.2) is 0 Å². The quantitative estimate of drug-likeness (QED) is 0.741. The molecule has 0 saturated heterocycles. The Kier molecular flexibility index (Phi) is 4.76. The molecule has 0 aliphatic rings. The number of hydrogen-bond acceptors (Lipinski definition) is 4. The van der Waals surface area contributed by atoms with E-state index in [1.165, 1.54) is 0 Å². The number of ether oxygens (including phenoxy) is 1. The van der Waals surface area contributed by atoms with Gasteiger partial charge >= 0.3 is 0 Å². The Labute approximate surface area is 96.4 Å². The van der Waals surface area contributed by atoms with Crippen molar-refractivity contribution in [2.75, 3.05) is 13.7 Å². The molecule has 0 radical (unpaired) electrons. The first-order chi connectivity index (χ1) is 7.60. The first-order valence-electron chi connectivity index (χ1n) is 5.57. The molecule has 0 spiro atoms. The molecule has 0 aliphatic heterocycles. The molecular weight excluding hydrogens is 206 g/mol. The molecule has 0 saturated carbocycles. The van der Waals surface area contributed by atoms with Crippen LogP contribution in [0.3, 0.4) is 0 Å². The third-order valence-corrected chi connectivity index (χ3v) is 2.44. The van der Waals surface area contributed by atoms with Gasteiger partial charge in [-0.05, 0) is 13.3 Å². The Balaban J connectivity index is 2.75. The Morgan fingerprint density at radius 3 is 2.75 bits per heavy atom. The lowest BCUT2D eigenvalue weighted by molar-refractivity contribution is 0.190. The summed E-state index contributed by atoms with van der Waals surface area (Å²) in [5.74, 6) is 0.787. The van der Waals surface area contributed by atoms with E-state index in [-0.39, 0.29) is 6.10 Å². The summed E-state index contributed by atoms with van der Waals surface area (Å²) in [5, 5.41) is 16.7. The molecule has 5 heteroatoms. The Hall–Kier alpha value is -1.07. The van der Waals surface area contributed by atoms with Gasteiger partial charge in [0.05, 0.1) is 24.5 Å². The monoisotopic (exact) mass is 227 g/mol. The third kappa shape index (κ3) is 2.96. The van der Waals surface area contributed by atoms with E-state index in [2.05, 4.69) is 17.3 Å². The lowest BCUT2D eigenvalue weighted by Gasteiger charge is -2.08. The molecule has 5 nitrogen and oxygen atoms in total. The van der Waals surface area contributed by atoms with Gasteiger partial charge < -0.3 is 15.2 Å². The number of hydrogen-bond donors (Lipinski definition) is 2. The van der Waals surface area contributed by atoms with Crippen LogP contribution in [0.2, 0.25) is 0 Å².